The van der Waals surface area contributed by atoms with E-state index in [1.165, 1.54) is 12.1 Å². The molecule has 0 aliphatic carbocycles. The van der Waals surface area contributed by atoms with Crippen LogP contribution in [0.5, 0.6) is 0 Å². The van der Waals surface area contributed by atoms with Crippen LogP contribution < -0.4 is 5.32 Å². The predicted molar refractivity (Wildman–Crippen MR) is 99.7 cm³/mol. The molecule has 2 heterocycles. The Bertz CT molecular complexity index is 1080. The summed E-state index contributed by atoms with van der Waals surface area (Å²) >= 11 is 0. The summed E-state index contributed by atoms with van der Waals surface area (Å²) in [5, 5.41) is 2.95. The van der Waals surface area contributed by atoms with E-state index in [-0.39, 0.29) is 11.7 Å². The van der Waals surface area contributed by atoms with Gasteiger partial charge in [0.05, 0.1) is 0 Å². The topological polar surface area (TPSA) is 46.4 Å². The molecule has 0 saturated heterocycles. The number of anilines is 1. The predicted octanol–water partition coefficient (Wildman–Crippen LogP) is 4.70. The van der Waals surface area contributed by atoms with Gasteiger partial charge in [0.15, 0.2) is 0 Å². The standard InChI is InChI=1S/C21H16FN3O/c1-14-5-7-16(8-6-14)21(26)24-20-19(15-9-11-17(22)12-10-15)23-18-4-2-3-13-25(18)20/h2-13H,1H3,(H,24,26). The molecule has 0 fully saturated rings. The summed E-state index contributed by atoms with van der Waals surface area (Å²) in [5.74, 6) is 0.0135. The number of nitrogens with zero attached hydrogens (tertiary/aromatic N) is 2. The van der Waals surface area contributed by atoms with Crippen molar-refractivity contribution in [2.45, 2.75) is 6.92 Å². The zero-order valence-corrected chi connectivity index (χ0v) is 14.1. The fraction of sp³-hybridized carbons (Fsp3) is 0.0476. The minimum Gasteiger partial charge on any atom is -0.306 e. The molecule has 0 bridgehead atoms. The van der Waals surface area contributed by atoms with Gasteiger partial charge < -0.3 is 5.32 Å². The molecular weight excluding hydrogens is 329 g/mol. The number of nitrogens with one attached hydrogen (secondary N) is 1. The van der Waals surface area contributed by atoms with Gasteiger partial charge in [0.1, 0.15) is 23.0 Å². The Morgan fingerprint density at radius 1 is 1.00 bits per heavy atom. The molecule has 1 N–H and O–H groups in total. The van der Waals surface area contributed by atoms with Crippen molar-refractivity contribution in [3.8, 4) is 11.3 Å². The summed E-state index contributed by atoms with van der Waals surface area (Å²) in [6, 6.07) is 19.0. The Morgan fingerprint density at radius 3 is 2.46 bits per heavy atom. The average molecular weight is 345 g/mol. The van der Waals surface area contributed by atoms with Crippen molar-refractivity contribution in [1.82, 2.24) is 9.38 Å². The van der Waals surface area contributed by atoms with Gasteiger partial charge in [-0.2, -0.15) is 0 Å². The molecule has 5 heteroatoms. The molecule has 0 atom stereocenters. The molecule has 26 heavy (non-hydrogen) atoms. The number of hydrogen-bond donors (Lipinski definition) is 1. The average Bonchev–Trinajstić information content (AvgIpc) is 3.01. The van der Waals surface area contributed by atoms with Crippen molar-refractivity contribution < 1.29 is 9.18 Å². The number of benzene rings is 2. The first-order valence-electron chi connectivity index (χ1n) is 8.23. The lowest BCUT2D eigenvalue weighted by molar-refractivity contribution is 0.102. The molecule has 2 aromatic heterocycles. The van der Waals surface area contributed by atoms with Crippen LogP contribution in [-0.2, 0) is 0 Å². The number of pyridine rings is 1. The maximum atomic E-state index is 13.3. The van der Waals surface area contributed by atoms with E-state index >= 15 is 0 Å². The van der Waals surface area contributed by atoms with Crippen molar-refractivity contribution in [2.24, 2.45) is 0 Å². The van der Waals surface area contributed by atoms with Gasteiger partial charge in [0.2, 0.25) is 0 Å². The summed E-state index contributed by atoms with van der Waals surface area (Å²) in [6.07, 6.45) is 1.83. The van der Waals surface area contributed by atoms with E-state index in [2.05, 4.69) is 10.3 Å². The first kappa shape index (κ1) is 16.0. The third-order valence-corrected chi connectivity index (χ3v) is 4.19. The van der Waals surface area contributed by atoms with E-state index in [9.17, 15) is 9.18 Å². The lowest BCUT2D eigenvalue weighted by Gasteiger charge is -2.08. The molecule has 128 valence electrons. The smallest absolute Gasteiger partial charge is 0.256 e. The monoisotopic (exact) mass is 345 g/mol. The first-order chi connectivity index (χ1) is 12.6. The van der Waals surface area contributed by atoms with Crippen LogP contribution in [-0.4, -0.2) is 15.3 Å². The van der Waals surface area contributed by atoms with Crippen LogP contribution in [0.3, 0.4) is 0 Å². The van der Waals surface area contributed by atoms with Crippen molar-refractivity contribution in [3.63, 3.8) is 0 Å². The first-order valence-corrected chi connectivity index (χ1v) is 8.23. The highest BCUT2D eigenvalue weighted by atomic mass is 19.1. The zero-order chi connectivity index (χ0) is 18.1. The Morgan fingerprint density at radius 2 is 1.73 bits per heavy atom. The van der Waals surface area contributed by atoms with Crippen LogP contribution in [0.4, 0.5) is 10.2 Å². The minimum absolute atomic E-state index is 0.223. The number of fused-ring (bicyclic) bond motifs is 1. The number of carbonyl (C=O) groups is 1. The fourth-order valence-corrected chi connectivity index (χ4v) is 2.81. The minimum atomic E-state index is -0.317. The Labute approximate surface area is 149 Å². The molecule has 4 aromatic rings. The van der Waals surface area contributed by atoms with Crippen LogP contribution in [0.2, 0.25) is 0 Å². The molecule has 0 aliphatic heterocycles. The van der Waals surface area contributed by atoms with Gasteiger partial charge in [-0.3, -0.25) is 9.20 Å². The number of imidazole rings is 1. The Balaban J connectivity index is 1.79. The van der Waals surface area contributed by atoms with E-state index in [1.807, 2.05) is 47.9 Å². The van der Waals surface area contributed by atoms with Crippen LogP contribution in [0.25, 0.3) is 16.9 Å². The molecule has 1 amide bonds. The SMILES string of the molecule is Cc1ccc(C(=O)Nc2c(-c3ccc(F)cc3)nc3ccccn23)cc1. The second-order valence-corrected chi connectivity index (χ2v) is 6.06. The second kappa shape index (κ2) is 6.44. The van der Waals surface area contributed by atoms with Crippen molar-refractivity contribution in [2.75, 3.05) is 5.32 Å². The maximum absolute atomic E-state index is 13.3. The zero-order valence-electron chi connectivity index (χ0n) is 14.1. The summed E-state index contributed by atoms with van der Waals surface area (Å²) in [7, 11) is 0. The summed E-state index contributed by atoms with van der Waals surface area (Å²) < 4.78 is 15.1. The van der Waals surface area contributed by atoms with Gasteiger partial charge in [-0.25, -0.2) is 9.37 Å². The number of aromatic nitrogens is 2. The third kappa shape index (κ3) is 2.95. The van der Waals surface area contributed by atoms with Crippen molar-refractivity contribution >= 4 is 17.4 Å². The maximum Gasteiger partial charge on any atom is 0.256 e. The lowest BCUT2D eigenvalue weighted by atomic mass is 10.1. The molecule has 0 unspecified atom stereocenters. The van der Waals surface area contributed by atoms with E-state index < -0.39 is 0 Å². The summed E-state index contributed by atoms with van der Waals surface area (Å²) in [6.45, 7) is 1.97. The third-order valence-electron chi connectivity index (χ3n) is 4.19. The van der Waals surface area contributed by atoms with Gasteiger partial charge >= 0.3 is 0 Å². The van der Waals surface area contributed by atoms with Crippen LogP contribution in [0, 0.1) is 12.7 Å². The molecule has 0 radical (unpaired) electrons. The van der Waals surface area contributed by atoms with Crippen LogP contribution in [0.15, 0.2) is 72.9 Å². The van der Waals surface area contributed by atoms with E-state index in [1.54, 1.807) is 24.3 Å². The van der Waals surface area contributed by atoms with Crippen molar-refractivity contribution in [3.05, 3.63) is 89.9 Å². The number of aryl methyl sites for hydroxylation is 1. The lowest BCUT2D eigenvalue weighted by Crippen LogP contribution is -2.14. The van der Waals surface area contributed by atoms with Crippen LogP contribution in [0.1, 0.15) is 15.9 Å². The highest BCUT2D eigenvalue weighted by Crippen LogP contribution is 2.29. The van der Waals surface area contributed by atoms with E-state index in [4.69, 9.17) is 0 Å². The number of halogens is 1. The van der Waals surface area contributed by atoms with Gasteiger partial charge in [0.25, 0.3) is 5.91 Å². The summed E-state index contributed by atoms with van der Waals surface area (Å²) in [5.41, 5.74) is 3.67. The van der Waals surface area contributed by atoms with Crippen molar-refractivity contribution in [1.29, 1.82) is 0 Å². The number of rotatable bonds is 3. The molecular formula is C21H16FN3O. The highest BCUT2D eigenvalue weighted by molar-refractivity contribution is 6.05. The van der Waals surface area contributed by atoms with E-state index in [0.29, 0.717) is 22.7 Å². The fourth-order valence-electron chi connectivity index (χ4n) is 2.81. The molecule has 0 spiro atoms. The number of hydrogen-bond acceptors (Lipinski definition) is 2. The quantitative estimate of drug-likeness (QED) is 0.585. The molecule has 0 aliphatic rings. The molecule has 0 saturated carbocycles. The largest absolute Gasteiger partial charge is 0.306 e. The molecule has 4 nitrogen and oxygen atoms in total. The normalized spacial score (nSPS) is 10.8. The molecule has 2 aromatic carbocycles. The summed E-state index contributed by atoms with van der Waals surface area (Å²) in [4.78, 5) is 17.3. The Kier molecular flexibility index (Phi) is 3.97. The number of amides is 1. The van der Waals surface area contributed by atoms with Crippen LogP contribution >= 0.6 is 0 Å². The highest BCUT2D eigenvalue weighted by Gasteiger charge is 2.17. The molecule has 4 rings (SSSR count). The van der Waals surface area contributed by atoms with Gasteiger partial charge in [-0.1, -0.05) is 23.8 Å². The number of carbonyl (C=O) groups excluding carboxylic acids is 1. The van der Waals surface area contributed by atoms with E-state index in [0.717, 1.165) is 11.1 Å². The Hall–Kier alpha value is -3.47. The van der Waals surface area contributed by atoms with Gasteiger partial charge in [-0.05, 0) is 55.5 Å². The second-order valence-electron chi connectivity index (χ2n) is 6.06. The van der Waals surface area contributed by atoms with Gasteiger partial charge in [0, 0.05) is 17.3 Å². The van der Waals surface area contributed by atoms with Gasteiger partial charge in [-0.15, -0.1) is 0 Å².